The third-order valence-corrected chi connectivity index (χ3v) is 4.57. The third kappa shape index (κ3) is 2.31. The molecule has 1 fully saturated rings. The lowest BCUT2D eigenvalue weighted by Gasteiger charge is -2.29. The average Bonchev–Trinajstić information content (AvgIpc) is 2.39. The van der Waals surface area contributed by atoms with Gasteiger partial charge in [0.2, 0.25) is 10.0 Å². The van der Waals surface area contributed by atoms with Gasteiger partial charge in [-0.3, -0.25) is 0 Å². The molecule has 1 aliphatic heterocycles. The fourth-order valence-electron chi connectivity index (χ4n) is 1.74. The molecule has 2 rings (SSSR count). The van der Waals surface area contributed by atoms with Gasteiger partial charge in [0.1, 0.15) is 10.6 Å². The number of aromatic hydroxyl groups is 1. The first-order chi connectivity index (χ1) is 8.55. The first-order valence-electron chi connectivity index (χ1n) is 5.35. The molecule has 1 unspecified atom stereocenters. The average molecular weight is 268 g/mol. The number of nitriles is 1. The molecule has 7 heteroatoms. The van der Waals surface area contributed by atoms with Crippen LogP contribution in [0.4, 0.5) is 0 Å². The van der Waals surface area contributed by atoms with Crippen molar-refractivity contribution >= 4 is 10.0 Å². The van der Waals surface area contributed by atoms with Crippen molar-refractivity contribution in [2.24, 2.45) is 0 Å². The van der Waals surface area contributed by atoms with Gasteiger partial charge in [-0.2, -0.15) is 9.57 Å². The van der Waals surface area contributed by atoms with Crippen molar-refractivity contribution in [1.82, 2.24) is 4.31 Å². The van der Waals surface area contributed by atoms with E-state index >= 15 is 0 Å². The first kappa shape index (κ1) is 12.8. The molecule has 0 spiro atoms. The second kappa shape index (κ2) is 4.94. The van der Waals surface area contributed by atoms with Gasteiger partial charge < -0.3 is 9.84 Å². The molecule has 1 atom stereocenters. The van der Waals surface area contributed by atoms with Gasteiger partial charge in [0, 0.05) is 6.54 Å². The standard InChI is InChI=1S/C11H12N2O4S/c12-7-9-8-13(5-6-17-9)18(15,16)11-4-2-1-3-10(11)14/h1-4,9,14H,5-6,8H2. The van der Waals surface area contributed by atoms with Gasteiger partial charge in [-0.1, -0.05) is 12.1 Å². The van der Waals surface area contributed by atoms with Gasteiger partial charge in [0.05, 0.1) is 19.2 Å². The lowest BCUT2D eigenvalue weighted by Crippen LogP contribution is -2.45. The van der Waals surface area contributed by atoms with Crippen LogP contribution in [0, 0.1) is 11.3 Å². The minimum atomic E-state index is -3.78. The van der Waals surface area contributed by atoms with E-state index in [4.69, 9.17) is 10.00 Å². The van der Waals surface area contributed by atoms with Gasteiger partial charge in [0.15, 0.2) is 6.10 Å². The maximum Gasteiger partial charge on any atom is 0.246 e. The molecule has 96 valence electrons. The van der Waals surface area contributed by atoms with Crippen LogP contribution in [0.25, 0.3) is 0 Å². The normalized spacial score (nSPS) is 21.4. The Morgan fingerprint density at radius 3 is 2.83 bits per heavy atom. The molecule has 18 heavy (non-hydrogen) atoms. The quantitative estimate of drug-likeness (QED) is 0.833. The fourth-order valence-corrected chi connectivity index (χ4v) is 3.24. The van der Waals surface area contributed by atoms with E-state index in [1.807, 2.05) is 6.07 Å². The highest BCUT2D eigenvalue weighted by Crippen LogP contribution is 2.26. The second-order valence-corrected chi connectivity index (χ2v) is 5.73. The van der Waals surface area contributed by atoms with E-state index in [1.165, 1.54) is 18.2 Å². The van der Waals surface area contributed by atoms with Crippen molar-refractivity contribution in [3.8, 4) is 11.8 Å². The lowest BCUT2D eigenvalue weighted by molar-refractivity contribution is 0.0311. The molecule has 1 aromatic carbocycles. The Balaban J connectivity index is 2.32. The smallest absolute Gasteiger partial charge is 0.246 e. The Hall–Kier alpha value is -1.62. The Labute approximate surface area is 105 Å². The molecule has 0 saturated carbocycles. The van der Waals surface area contributed by atoms with Gasteiger partial charge in [-0.25, -0.2) is 8.42 Å². The second-order valence-electron chi connectivity index (χ2n) is 3.82. The van der Waals surface area contributed by atoms with Crippen LogP contribution in [0.5, 0.6) is 5.75 Å². The SMILES string of the molecule is N#CC1CN(S(=O)(=O)c2ccccc2O)CCO1. The monoisotopic (exact) mass is 268 g/mol. The fraction of sp³-hybridized carbons (Fsp3) is 0.364. The van der Waals surface area contributed by atoms with Crippen molar-refractivity contribution in [3.63, 3.8) is 0 Å². The summed E-state index contributed by atoms with van der Waals surface area (Å²) >= 11 is 0. The topological polar surface area (TPSA) is 90.6 Å². The van der Waals surface area contributed by atoms with Crippen LogP contribution in [0.3, 0.4) is 0 Å². The van der Waals surface area contributed by atoms with Crippen LogP contribution in [0.15, 0.2) is 29.2 Å². The predicted octanol–water partition coefficient (Wildman–Crippen LogP) is 0.305. The molecule has 1 N–H and O–H groups in total. The minimum absolute atomic E-state index is 0.0207. The van der Waals surface area contributed by atoms with Gasteiger partial charge in [-0.05, 0) is 12.1 Å². The van der Waals surface area contributed by atoms with Crippen molar-refractivity contribution in [2.45, 2.75) is 11.0 Å². The first-order valence-corrected chi connectivity index (χ1v) is 6.79. The van der Waals surface area contributed by atoms with Gasteiger partial charge in [0.25, 0.3) is 0 Å². The summed E-state index contributed by atoms with van der Waals surface area (Å²) in [7, 11) is -3.78. The summed E-state index contributed by atoms with van der Waals surface area (Å²) in [5, 5.41) is 18.4. The number of morpholine rings is 1. The summed E-state index contributed by atoms with van der Waals surface area (Å²) in [6.07, 6.45) is -0.764. The van der Waals surface area contributed by atoms with E-state index in [1.54, 1.807) is 6.07 Å². The van der Waals surface area contributed by atoms with Gasteiger partial charge >= 0.3 is 0 Å². The summed E-state index contributed by atoms with van der Waals surface area (Å²) in [4.78, 5) is -0.149. The maximum atomic E-state index is 12.3. The van der Waals surface area contributed by atoms with Crippen LogP contribution in [0.2, 0.25) is 0 Å². The Bertz CT molecular complexity index is 579. The number of para-hydroxylation sites is 1. The molecular formula is C11H12N2O4S. The van der Waals surface area contributed by atoms with Crippen LogP contribution in [-0.2, 0) is 14.8 Å². The highest BCUT2D eigenvalue weighted by Gasteiger charge is 2.32. The number of nitrogens with zero attached hydrogens (tertiary/aromatic N) is 2. The van der Waals surface area contributed by atoms with Crippen LogP contribution >= 0.6 is 0 Å². The molecule has 0 bridgehead atoms. The largest absolute Gasteiger partial charge is 0.507 e. The zero-order valence-electron chi connectivity index (χ0n) is 9.48. The molecule has 6 nitrogen and oxygen atoms in total. The number of phenols is 1. The van der Waals surface area contributed by atoms with Crippen molar-refractivity contribution < 1.29 is 18.3 Å². The summed E-state index contributed by atoms with van der Waals surface area (Å²) in [6.45, 7) is 0.326. The number of benzene rings is 1. The molecular weight excluding hydrogens is 256 g/mol. The lowest BCUT2D eigenvalue weighted by atomic mass is 10.3. The number of sulfonamides is 1. The summed E-state index contributed by atoms with van der Waals surface area (Å²) < 4.78 is 30.8. The molecule has 0 aromatic heterocycles. The Morgan fingerprint density at radius 2 is 2.17 bits per heavy atom. The molecule has 0 aliphatic carbocycles. The Morgan fingerprint density at radius 1 is 1.44 bits per heavy atom. The highest BCUT2D eigenvalue weighted by molar-refractivity contribution is 7.89. The van der Waals surface area contributed by atoms with Gasteiger partial charge in [-0.15, -0.1) is 0 Å². The number of phenolic OH excluding ortho intramolecular Hbond substituents is 1. The third-order valence-electron chi connectivity index (χ3n) is 2.66. The number of hydrogen-bond acceptors (Lipinski definition) is 5. The molecule has 1 aliphatic rings. The van der Waals surface area contributed by atoms with Crippen LogP contribution < -0.4 is 0 Å². The van der Waals surface area contributed by atoms with Crippen LogP contribution in [-0.4, -0.2) is 43.6 Å². The van der Waals surface area contributed by atoms with E-state index in [0.29, 0.717) is 0 Å². The number of rotatable bonds is 2. The van der Waals surface area contributed by atoms with Crippen molar-refractivity contribution in [2.75, 3.05) is 19.7 Å². The molecule has 1 heterocycles. The van der Waals surface area contributed by atoms with Crippen molar-refractivity contribution in [1.29, 1.82) is 5.26 Å². The molecule has 1 saturated heterocycles. The number of ether oxygens (including phenoxy) is 1. The summed E-state index contributed by atoms with van der Waals surface area (Å²) in [5.74, 6) is -0.294. The van der Waals surface area contributed by atoms with E-state index < -0.39 is 16.1 Å². The molecule has 0 amide bonds. The molecule has 1 aromatic rings. The zero-order chi connectivity index (χ0) is 13.2. The summed E-state index contributed by atoms with van der Waals surface area (Å²) in [6, 6.07) is 7.61. The Kier molecular flexibility index (Phi) is 3.52. The highest BCUT2D eigenvalue weighted by atomic mass is 32.2. The summed E-state index contributed by atoms with van der Waals surface area (Å²) in [5.41, 5.74) is 0. The van der Waals surface area contributed by atoms with E-state index in [2.05, 4.69) is 0 Å². The zero-order valence-corrected chi connectivity index (χ0v) is 10.3. The number of hydrogen-bond donors (Lipinski definition) is 1. The molecule has 0 radical (unpaired) electrons. The predicted molar refractivity (Wildman–Crippen MR) is 62.2 cm³/mol. The van der Waals surface area contributed by atoms with Crippen LogP contribution in [0.1, 0.15) is 0 Å². The van der Waals surface area contributed by atoms with E-state index in [9.17, 15) is 13.5 Å². The van der Waals surface area contributed by atoms with E-state index in [-0.39, 0.29) is 30.3 Å². The maximum absolute atomic E-state index is 12.3. The van der Waals surface area contributed by atoms with E-state index in [0.717, 1.165) is 4.31 Å². The minimum Gasteiger partial charge on any atom is -0.507 e. The van der Waals surface area contributed by atoms with Crippen molar-refractivity contribution in [3.05, 3.63) is 24.3 Å².